The van der Waals surface area contributed by atoms with Crippen molar-refractivity contribution in [2.45, 2.75) is 13.8 Å². The lowest BCUT2D eigenvalue weighted by atomic mass is 10.2. The number of amides is 1. The van der Waals surface area contributed by atoms with E-state index < -0.39 is 0 Å². The molecular formula is C14H17ClN2O. The molecule has 96 valence electrons. The minimum absolute atomic E-state index is 0.0647. The smallest absolute Gasteiger partial charge is 0.270 e. The Hall–Kier alpha value is -1.48. The number of carbonyl (C=O) groups is 1. The topological polar surface area (TPSA) is 25.2 Å². The SMILES string of the molecule is CCN(CC)C(=O)c1cc2cc(Cl)ccc2n1C. The maximum atomic E-state index is 12.4. The Bertz CT molecular complexity index is 585. The number of aryl methyl sites for hydroxylation is 1. The first-order valence-electron chi connectivity index (χ1n) is 6.12. The lowest BCUT2D eigenvalue weighted by molar-refractivity contribution is 0.0764. The molecule has 0 fully saturated rings. The first-order valence-corrected chi connectivity index (χ1v) is 6.50. The van der Waals surface area contributed by atoms with Gasteiger partial charge in [0.2, 0.25) is 0 Å². The van der Waals surface area contributed by atoms with Crippen LogP contribution in [0.25, 0.3) is 10.9 Å². The Balaban J connectivity index is 2.51. The molecule has 0 spiro atoms. The normalized spacial score (nSPS) is 10.9. The molecule has 0 saturated heterocycles. The number of hydrogen-bond acceptors (Lipinski definition) is 1. The monoisotopic (exact) mass is 264 g/mol. The summed E-state index contributed by atoms with van der Waals surface area (Å²) in [5, 5.41) is 1.69. The molecule has 1 heterocycles. The van der Waals surface area contributed by atoms with Crippen molar-refractivity contribution in [3.8, 4) is 0 Å². The first kappa shape index (κ1) is 13.0. The molecule has 0 aliphatic carbocycles. The van der Waals surface area contributed by atoms with Gasteiger partial charge >= 0.3 is 0 Å². The molecule has 1 aromatic heterocycles. The summed E-state index contributed by atoms with van der Waals surface area (Å²) in [7, 11) is 1.91. The second-order valence-corrected chi connectivity index (χ2v) is 4.71. The lowest BCUT2D eigenvalue weighted by Gasteiger charge is -2.18. The molecule has 0 atom stereocenters. The fraction of sp³-hybridized carbons (Fsp3) is 0.357. The van der Waals surface area contributed by atoms with Crippen molar-refractivity contribution in [2.75, 3.05) is 13.1 Å². The summed E-state index contributed by atoms with van der Waals surface area (Å²) >= 11 is 5.97. The zero-order valence-corrected chi connectivity index (χ0v) is 11.7. The highest BCUT2D eigenvalue weighted by Gasteiger charge is 2.17. The molecule has 0 aliphatic rings. The van der Waals surface area contributed by atoms with Gasteiger partial charge in [0.1, 0.15) is 5.69 Å². The van der Waals surface area contributed by atoms with E-state index in [0.717, 1.165) is 24.0 Å². The van der Waals surface area contributed by atoms with E-state index in [2.05, 4.69) is 0 Å². The third-order valence-electron chi connectivity index (χ3n) is 3.27. The summed E-state index contributed by atoms with van der Waals surface area (Å²) in [5.74, 6) is 0.0647. The molecule has 0 aliphatic heterocycles. The van der Waals surface area contributed by atoms with Gasteiger partial charge in [0, 0.05) is 36.1 Å². The van der Waals surface area contributed by atoms with Gasteiger partial charge in [-0.05, 0) is 38.1 Å². The number of hydrogen-bond donors (Lipinski definition) is 0. The van der Waals surface area contributed by atoms with E-state index >= 15 is 0 Å². The minimum Gasteiger partial charge on any atom is -0.340 e. The highest BCUT2D eigenvalue weighted by Crippen LogP contribution is 2.23. The van der Waals surface area contributed by atoms with Crippen LogP contribution in [-0.4, -0.2) is 28.5 Å². The Labute approximate surface area is 112 Å². The van der Waals surface area contributed by atoms with E-state index in [1.54, 1.807) is 0 Å². The summed E-state index contributed by atoms with van der Waals surface area (Å²) in [4.78, 5) is 14.2. The first-order chi connectivity index (χ1) is 8.58. The van der Waals surface area contributed by atoms with Crippen LogP contribution in [-0.2, 0) is 7.05 Å². The van der Waals surface area contributed by atoms with Crippen LogP contribution in [0, 0.1) is 0 Å². The van der Waals surface area contributed by atoms with Crippen molar-refractivity contribution in [1.82, 2.24) is 9.47 Å². The molecule has 2 rings (SSSR count). The third kappa shape index (κ3) is 2.10. The van der Waals surface area contributed by atoms with Crippen LogP contribution in [0.4, 0.5) is 0 Å². The van der Waals surface area contributed by atoms with Gasteiger partial charge in [-0.25, -0.2) is 0 Å². The number of benzene rings is 1. The Morgan fingerprint density at radius 2 is 1.94 bits per heavy atom. The maximum absolute atomic E-state index is 12.4. The maximum Gasteiger partial charge on any atom is 0.270 e. The predicted octanol–water partition coefficient (Wildman–Crippen LogP) is 3.31. The number of halogens is 1. The van der Waals surface area contributed by atoms with Gasteiger partial charge in [0.05, 0.1) is 0 Å². The van der Waals surface area contributed by atoms with E-state index in [1.807, 2.05) is 54.6 Å². The predicted molar refractivity (Wildman–Crippen MR) is 75.2 cm³/mol. The number of carbonyl (C=O) groups excluding carboxylic acids is 1. The zero-order valence-electron chi connectivity index (χ0n) is 10.9. The van der Waals surface area contributed by atoms with Crippen LogP contribution in [0.5, 0.6) is 0 Å². The highest BCUT2D eigenvalue weighted by molar-refractivity contribution is 6.31. The fourth-order valence-electron chi connectivity index (χ4n) is 2.20. The Morgan fingerprint density at radius 1 is 1.28 bits per heavy atom. The molecule has 3 nitrogen and oxygen atoms in total. The molecule has 0 radical (unpaired) electrons. The molecule has 0 N–H and O–H groups in total. The standard InChI is InChI=1S/C14H17ClN2O/c1-4-17(5-2)14(18)13-9-10-8-11(15)6-7-12(10)16(13)3/h6-9H,4-5H2,1-3H3. The highest BCUT2D eigenvalue weighted by atomic mass is 35.5. The number of rotatable bonds is 3. The lowest BCUT2D eigenvalue weighted by Crippen LogP contribution is -2.31. The summed E-state index contributed by atoms with van der Waals surface area (Å²) in [5.41, 5.74) is 1.73. The quantitative estimate of drug-likeness (QED) is 0.835. The van der Waals surface area contributed by atoms with Gasteiger partial charge in [-0.1, -0.05) is 11.6 Å². The van der Waals surface area contributed by atoms with Crippen molar-refractivity contribution >= 4 is 28.4 Å². The minimum atomic E-state index is 0.0647. The van der Waals surface area contributed by atoms with E-state index in [9.17, 15) is 4.79 Å². The molecule has 2 aromatic rings. The average molecular weight is 265 g/mol. The summed E-state index contributed by atoms with van der Waals surface area (Å²) in [6.45, 7) is 5.41. The zero-order chi connectivity index (χ0) is 13.3. The average Bonchev–Trinajstić information content (AvgIpc) is 2.67. The van der Waals surface area contributed by atoms with Gasteiger partial charge in [0.15, 0.2) is 0 Å². The second kappa shape index (κ2) is 5.02. The van der Waals surface area contributed by atoms with E-state index in [4.69, 9.17) is 11.6 Å². The molecule has 0 bridgehead atoms. The largest absolute Gasteiger partial charge is 0.340 e. The van der Waals surface area contributed by atoms with Crippen LogP contribution in [0.15, 0.2) is 24.3 Å². The van der Waals surface area contributed by atoms with Crippen LogP contribution in [0.3, 0.4) is 0 Å². The van der Waals surface area contributed by atoms with Crippen LogP contribution in [0.2, 0.25) is 5.02 Å². The van der Waals surface area contributed by atoms with Gasteiger partial charge in [-0.15, -0.1) is 0 Å². The van der Waals surface area contributed by atoms with Crippen molar-refractivity contribution < 1.29 is 4.79 Å². The molecular weight excluding hydrogens is 248 g/mol. The molecule has 0 unspecified atom stereocenters. The van der Waals surface area contributed by atoms with Crippen LogP contribution in [0.1, 0.15) is 24.3 Å². The molecule has 4 heteroatoms. The molecule has 18 heavy (non-hydrogen) atoms. The van der Waals surface area contributed by atoms with Gasteiger partial charge in [-0.3, -0.25) is 4.79 Å². The molecule has 0 saturated carbocycles. The molecule has 1 amide bonds. The van der Waals surface area contributed by atoms with Crippen molar-refractivity contribution in [3.63, 3.8) is 0 Å². The van der Waals surface area contributed by atoms with E-state index in [1.165, 1.54) is 0 Å². The Kier molecular flexibility index (Phi) is 3.62. The number of fused-ring (bicyclic) bond motifs is 1. The summed E-state index contributed by atoms with van der Waals surface area (Å²) in [6.07, 6.45) is 0. The second-order valence-electron chi connectivity index (χ2n) is 4.27. The fourth-order valence-corrected chi connectivity index (χ4v) is 2.38. The summed E-state index contributed by atoms with van der Waals surface area (Å²) < 4.78 is 1.92. The van der Waals surface area contributed by atoms with E-state index in [-0.39, 0.29) is 5.91 Å². The van der Waals surface area contributed by atoms with Gasteiger partial charge < -0.3 is 9.47 Å². The summed E-state index contributed by atoms with van der Waals surface area (Å²) in [6, 6.07) is 7.57. The van der Waals surface area contributed by atoms with Crippen molar-refractivity contribution in [1.29, 1.82) is 0 Å². The Morgan fingerprint density at radius 3 is 2.56 bits per heavy atom. The van der Waals surface area contributed by atoms with Gasteiger partial charge in [-0.2, -0.15) is 0 Å². The van der Waals surface area contributed by atoms with Crippen LogP contribution >= 0.6 is 11.6 Å². The number of nitrogens with zero attached hydrogens (tertiary/aromatic N) is 2. The van der Waals surface area contributed by atoms with Crippen molar-refractivity contribution in [2.24, 2.45) is 7.05 Å². The number of aromatic nitrogens is 1. The van der Waals surface area contributed by atoms with Crippen LogP contribution < -0.4 is 0 Å². The third-order valence-corrected chi connectivity index (χ3v) is 3.51. The molecule has 1 aromatic carbocycles. The van der Waals surface area contributed by atoms with Crippen molar-refractivity contribution in [3.05, 3.63) is 35.0 Å². The van der Waals surface area contributed by atoms with E-state index in [0.29, 0.717) is 10.7 Å². The van der Waals surface area contributed by atoms with Gasteiger partial charge in [0.25, 0.3) is 5.91 Å².